The molecular weight excluding hydrogens is 288 g/mol. The third-order valence-corrected chi connectivity index (χ3v) is 3.89. The van der Waals surface area contributed by atoms with E-state index in [0.29, 0.717) is 6.10 Å². The highest BCUT2D eigenvalue weighted by Crippen LogP contribution is 2.30. The number of nitrogens with one attached hydrogen (secondary N) is 1. The fourth-order valence-electron chi connectivity index (χ4n) is 2.73. The predicted octanol–water partition coefficient (Wildman–Crippen LogP) is 3.74. The second-order valence-corrected chi connectivity index (χ2v) is 7.40. The van der Waals surface area contributed by atoms with Gasteiger partial charge in [0, 0.05) is 18.5 Å². The summed E-state index contributed by atoms with van der Waals surface area (Å²) in [6.45, 7) is 10.6. The average Bonchev–Trinajstić information content (AvgIpc) is 2.45. The van der Waals surface area contributed by atoms with Gasteiger partial charge in [-0.3, -0.25) is 4.98 Å². The Bertz CT molecular complexity index is 447. The Morgan fingerprint density at radius 3 is 2.57 bits per heavy atom. The lowest BCUT2D eigenvalue weighted by molar-refractivity contribution is -0.126. The van der Waals surface area contributed by atoms with E-state index in [1.165, 1.54) is 6.42 Å². The Kier molecular flexibility index (Phi) is 6.85. The number of hydrogen-bond acceptors (Lipinski definition) is 4. The lowest BCUT2D eigenvalue weighted by Gasteiger charge is -2.39. The van der Waals surface area contributed by atoms with Gasteiger partial charge < -0.3 is 14.8 Å². The van der Waals surface area contributed by atoms with E-state index in [1.807, 2.05) is 12.3 Å². The van der Waals surface area contributed by atoms with Gasteiger partial charge in [-0.25, -0.2) is 0 Å². The second-order valence-electron chi connectivity index (χ2n) is 7.40. The number of nitrogens with zero attached hydrogens (tertiary/aromatic N) is 1. The highest BCUT2D eigenvalue weighted by Gasteiger charge is 2.34. The van der Waals surface area contributed by atoms with Crippen LogP contribution in [0.5, 0.6) is 5.75 Å². The van der Waals surface area contributed by atoms with Crippen LogP contribution in [0.15, 0.2) is 18.3 Å². The first-order valence-corrected chi connectivity index (χ1v) is 8.96. The van der Waals surface area contributed by atoms with Gasteiger partial charge in [-0.05, 0) is 65.3 Å². The summed E-state index contributed by atoms with van der Waals surface area (Å²) in [6.07, 6.45) is 7.74. The summed E-state index contributed by atoms with van der Waals surface area (Å²) >= 11 is 0. The van der Waals surface area contributed by atoms with Crippen LogP contribution in [0, 0.1) is 0 Å². The minimum atomic E-state index is -0.0647. The molecule has 130 valence electrons. The first kappa shape index (κ1) is 18.2. The molecule has 4 nitrogen and oxygen atoms in total. The number of ether oxygens (including phenoxy) is 2. The van der Waals surface area contributed by atoms with Crippen LogP contribution >= 0.6 is 0 Å². The Morgan fingerprint density at radius 2 is 1.96 bits per heavy atom. The molecule has 1 fully saturated rings. The zero-order valence-electron chi connectivity index (χ0n) is 15.1. The van der Waals surface area contributed by atoms with E-state index in [2.05, 4.69) is 44.1 Å². The molecule has 1 aromatic heterocycles. The summed E-state index contributed by atoms with van der Waals surface area (Å²) in [5, 5.41) is 3.41. The van der Waals surface area contributed by atoms with Gasteiger partial charge in [0.2, 0.25) is 0 Å². The molecule has 1 N–H and O–H groups in total. The van der Waals surface area contributed by atoms with Crippen molar-refractivity contribution >= 4 is 0 Å². The van der Waals surface area contributed by atoms with Crippen LogP contribution in [0.1, 0.15) is 59.1 Å². The van der Waals surface area contributed by atoms with E-state index in [-0.39, 0.29) is 11.7 Å². The van der Waals surface area contributed by atoms with Gasteiger partial charge >= 0.3 is 0 Å². The highest BCUT2D eigenvalue weighted by molar-refractivity contribution is 5.20. The van der Waals surface area contributed by atoms with E-state index in [4.69, 9.17) is 9.47 Å². The van der Waals surface area contributed by atoms with Crippen molar-refractivity contribution in [3.63, 3.8) is 0 Å². The molecular formula is C19H32N2O2. The van der Waals surface area contributed by atoms with Crippen molar-refractivity contribution in [3.8, 4) is 5.75 Å². The summed E-state index contributed by atoms with van der Waals surface area (Å²) in [6, 6.07) is 4.12. The summed E-state index contributed by atoms with van der Waals surface area (Å²) < 4.78 is 11.9. The van der Waals surface area contributed by atoms with Crippen molar-refractivity contribution < 1.29 is 9.47 Å². The van der Waals surface area contributed by atoms with Crippen molar-refractivity contribution in [2.45, 2.75) is 77.6 Å². The normalized spacial score (nSPS) is 21.0. The molecule has 0 radical (unpaired) electrons. The Balaban J connectivity index is 1.64. The molecule has 0 saturated heterocycles. The molecule has 1 aliphatic rings. The minimum Gasteiger partial charge on any atom is -0.489 e. The van der Waals surface area contributed by atoms with Gasteiger partial charge in [-0.2, -0.15) is 0 Å². The van der Waals surface area contributed by atoms with Gasteiger partial charge in [0.25, 0.3) is 0 Å². The molecule has 0 atom stereocenters. The zero-order valence-corrected chi connectivity index (χ0v) is 15.1. The molecule has 0 spiro atoms. The molecule has 2 rings (SSSR count). The molecule has 1 aromatic rings. The third kappa shape index (κ3) is 6.88. The van der Waals surface area contributed by atoms with E-state index in [1.54, 1.807) is 0 Å². The number of aryl methyl sites for hydroxylation is 1. The first-order valence-electron chi connectivity index (χ1n) is 8.96. The number of pyridine rings is 1. The smallest absolute Gasteiger partial charge is 0.138 e. The van der Waals surface area contributed by atoms with Gasteiger partial charge in [0.15, 0.2) is 0 Å². The van der Waals surface area contributed by atoms with Crippen molar-refractivity contribution in [2.75, 3.05) is 13.1 Å². The Morgan fingerprint density at radius 1 is 1.17 bits per heavy atom. The molecule has 1 aliphatic carbocycles. The molecule has 1 saturated carbocycles. The second kappa shape index (κ2) is 8.65. The van der Waals surface area contributed by atoms with Crippen LogP contribution in [0.25, 0.3) is 0 Å². The van der Waals surface area contributed by atoms with Gasteiger partial charge in [0.1, 0.15) is 11.9 Å². The zero-order chi connectivity index (χ0) is 16.7. The minimum absolute atomic E-state index is 0.0647. The van der Waals surface area contributed by atoms with Crippen molar-refractivity contribution in [1.29, 1.82) is 0 Å². The summed E-state index contributed by atoms with van der Waals surface area (Å²) in [5.41, 5.74) is 1.07. The molecule has 4 heteroatoms. The molecule has 1 heterocycles. The maximum absolute atomic E-state index is 5.95. The monoisotopic (exact) mass is 320 g/mol. The molecule has 0 unspecified atom stereocenters. The molecule has 0 amide bonds. The van der Waals surface area contributed by atoms with Crippen molar-refractivity contribution in [3.05, 3.63) is 24.0 Å². The predicted molar refractivity (Wildman–Crippen MR) is 94.0 cm³/mol. The fourth-order valence-corrected chi connectivity index (χ4v) is 2.73. The third-order valence-electron chi connectivity index (χ3n) is 3.89. The van der Waals surface area contributed by atoms with Crippen LogP contribution in [-0.4, -0.2) is 35.9 Å². The van der Waals surface area contributed by atoms with Gasteiger partial charge in [-0.1, -0.05) is 6.92 Å². The first-order chi connectivity index (χ1) is 11.0. The summed E-state index contributed by atoms with van der Waals surface area (Å²) in [4.78, 5) is 4.50. The lowest BCUT2D eigenvalue weighted by Crippen LogP contribution is -2.43. The van der Waals surface area contributed by atoms with Crippen LogP contribution in [0.4, 0.5) is 0 Å². The summed E-state index contributed by atoms with van der Waals surface area (Å²) in [5.74, 6) is 0.872. The van der Waals surface area contributed by atoms with E-state index < -0.39 is 0 Å². The average molecular weight is 320 g/mol. The number of aromatic nitrogens is 1. The SMILES string of the molecule is CCCNCCCc1ccc(OC2CC(OC(C)(C)C)C2)cn1. The largest absolute Gasteiger partial charge is 0.489 e. The van der Waals surface area contributed by atoms with Gasteiger partial charge in [0.05, 0.1) is 17.9 Å². The van der Waals surface area contributed by atoms with Crippen LogP contribution in [0.2, 0.25) is 0 Å². The molecule has 0 aromatic carbocycles. The lowest BCUT2D eigenvalue weighted by atomic mass is 9.91. The highest BCUT2D eigenvalue weighted by atomic mass is 16.5. The number of rotatable bonds is 9. The standard InChI is InChI=1S/C19H32N2O2/c1-5-10-20-11-6-7-15-8-9-16(14-21-15)22-17-12-18(13-17)23-19(2,3)4/h8-9,14,17-18,20H,5-7,10-13H2,1-4H3. The maximum atomic E-state index is 5.95. The van der Waals surface area contributed by atoms with Crippen LogP contribution < -0.4 is 10.1 Å². The van der Waals surface area contributed by atoms with Crippen LogP contribution in [0.3, 0.4) is 0 Å². The maximum Gasteiger partial charge on any atom is 0.138 e. The molecule has 0 bridgehead atoms. The van der Waals surface area contributed by atoms with E-state index in [9.17, 15) is 0 Å². The van der Waals surface area contributed by atoms with Crippen LogP contribution in [-0.2, 0) is 11.2 Å². The van der Waals surface area contributed by atoms with Crippen molar-refractivity contribution in [2.24, 2.45) is 0 Å². The van der Waals surface area contributed by atoms with Crippen molar-refractivity contribution in [1.82, 2.24) is 10.3 Å². The fraction of sp³-hybridized carbons (Fsp3) is 0.737. The van der Waals surface area contributed by atoms with E-state index >= 15 is 0 Å². The topological polar surface area (TPSA) is 43.4 Å². The Hall–Kier alpha value is -1.13. The Labute approximate surface area is 141 Å². The molecule has 23 heavy (non-hydrogen) atoms. The molecule has 0 aliphatic heterocycles. The summed E-state index contributed by atoms with van der Waals surface area (Å²) in [7, 11) is 0. The van der Waals surface area contributed by atoms with Gasteiger partial charge in [-0.15, -0.1) is 0 Å². The van der Waals surface area contributed by atoms with E-state index in [0.717, 1.165) is 50.2 Å². The number of hydrogen-bond donors (Lipinski definition) is 1. The quantitative estimate of drug-likeness (QED) is 0.704.